The second-order valence-electron chi connectivity index (χ2n) is 31.5. The molecule has 8 nitrogen and oxygen atoms in total. The van der Waals surface area contributed by atoms with Crippen LogP contribution in [-0.2, 0) is 0 Å². The van der Waals surface area contributed by atoms with Gasteiger partial charge in [-0.05, 0) is 224 Å². The first kappa shape index (κ1) is 67.2. The minimum absolute atomic E-state index is 0.491. The molecule has 5 heterocycles. The number of aromatic amines is 2. The lowest BCUT2D eigenvalue weighted by atomic mass is 9.84. The highest BCUT2D eigenvalue weighted by Crippen LogP contribution is 2.54. The van der Waals surface area contributed by atoms with Crippen LogP contribution >= 0.6 is 0 Å². The van der Waals surface area contributed by atoms with Gasteiger partial charge in [0.05, 0.1) is 0 Å². The highest BCUT2D eigenvalue weighted by molar-refractivity contribution is 6.30. The number of hydrogen-bond acceptors (Lipinski definition) is 6. The van der Waals surface area contributed by atoms with E-state index in [1.807, 2.05) is 0 Å². The van der Waals surface area contributed by atoms with Gasteiger partial charge in [-0.3, -0.25) is 0 Å². The molecule has 25 rings (SSSR count). The minimum atomic E-state index is 0.491. The lowest BCUT2D eigenvalue weighted by Crippen LogP contribution is -1.93. The van der Waals surface area contributed by atoms with E-state index in [9.17, 15) is 0 Å². The fourth-order valence-electron chi connectivity index (χ4n) is 19.8. The van der Waals surface area contributed by atoms with Crippen LogP contribution in [0.4, 0.5) is 0 Å². The topological polar surface area (TPSA) is 109 Å². The summed E-state index contributed by atoms with van der Waals surface area (Å²) in [5, 5.41) is 21.0. The molecule has 8 bridgehead atoms. The van der Waals surface area contributed by atoms with E-state index in [1.165, 1.54) is 0 Å². The number of aromatic nitrogens is 8. The van der Waals surface area contributed by atoms with E-state index in [-0.39, 0.29) is 0 Å². The second-order valence-corrected chi connectivity index (χ2v) is 31.5. The first-order valence-corrected chi connectivity index (χ1v) is 40.9. The molecule has 554 valence electrons. The molecule has 20 aromatic carbocycles. The normalized spacial score (nSPS) is 12.0. The maximum Gasteiger partial charge on any atom is 0.164 e. The van der Waals surface area contributed by atoms with E-state index < -0.39 is 0 Å². The van der Waals surface area contributed by atoms with Crippen molar-refractivity contribution in [2.45, 2.75) is 0 Å². The molecule has 0 atom stereocenters. The summed E-state index contributed by atoms with van der Waals surface area (Å²) in [6, 6.07) is 141. The molecule has 120 heavy (non-hydrogen) atoms. The van der Waals surface area contributed by atoms with Gasteiger partial charge in [0, 0.05) is 43.8 Å². The molecule has 0 radical (unpaired) electrons. The van der Waals surface area contributed by atoms with Gasteiger partial charge in [0.1, 0.15) is 22.6 Å². The second kappa shape index (κ2) is 26.7. The summed E-state index contributed by atoms with van der Waals surface area (Å²) in [6.45, 7) is 0. The number of fused-ring (bicyclic) bond motifs is 28. The molecule has 2 aliphatic heterocycles. The van der Waals surface area contributed by atoms with Gasteiger partial charge in [0.25, 0.3) is 0 Å². The van der Waals surface area contributed by atoms with Gasteiger partial charge in [-0.2, -0.15) is 0 Å². The Hall–Kier alpha value is -16.2. The molecule has 3 aromatic heterocycles. The van der Waals surface area contributed by atoms with Crippen molar-refractivity contribution in [2.24, 2.45) is 0 Å². The molecule has 0 fully saturated rings. The Morgan fingerprint density at radius 3 is 0.425 bits per heavy atom. The number of hydrogen-bond donors (Lipinski definition) is 2. The fourth-order valence-corrected chi connectivity index (χ4v) is 19.8. The van der Waals surface area contributed by atoms with Gasteiger partial charge in [0.15, 0.2) is 23.3 Å². The van der Waals surface area contributed by atoms with Crippen molar-refractivity contribution in [1.82, 2.24) is 39.9 Å². The summed E-state index contributed by atoms with van der Waals surface area (Å²) in [6.07, 6.45) is 0. The number of benzene rings is 20. The highest BCUT2D eigenvalue weighted by atomic mass is 15.1. The molecule has 0 aliphatic carbocycles. The molecule has 0 amide bonds. The van der Waals surface area contributed by atoms with Crippen LogP contribution in [0.5, 0.6) is 0 Å². The lowest BCUT2D eigenvalue weighted by Gasteiger charge is -2.19. The molecule has 8 heteroatoms. The van der Waals surface area contributed by atoms with E-state index >= 15 is 0 Å². The lowest BCUT2D eigenvalue weighted by molar-refractivity contribution is 1.19. The van der Waals surface area contributed by atoms with Crippen LogP contribution in [0, 0.1) is 0 Å². The zero-order chi connectivity index (χ0) is 78.6. The third-order valence-electron chi connectivity index (χ3n) is 24.9. The molecular weight excluding hydrogens is 1460 g/mol. The first-order chi connectivity index (χ1) is 59.5. The summed E-state index contributed by atoms with van der Waals surface area (Å²) < 4.78 is 0. The molecule has 2 aliphatic rings. The number of nitrogens with zero attached hydrogens (tertiary/aromatic N) is 6. The van der Waals surface area contributed by atoms with Crippen molar-refractivity contribution >= 4 is 130 Å². The Bertz CT molecular complexity index is 7490. The van der Waals surface area contributed by atoms with Crippen LogP contribution in [-0.4, -0.2) is 39.9 Å². The van der Waals surface area contributed by atoms with Crippen molar-refractivity contribution in [3.8, 4) is 135 Å². The zero-order valence-electron chi connectivity index (χ0n) is 64.6. The summed E-state index contributed by atoms with van der Waals surface area (Å²) in [5.41, 5.74) is 23.4. The van der Waals surface area contributed by atoms with Crippen molar-refractivity contribution in [1.29, 1.82) is 0 Å². The van der Waals surface area contributed by atoms with E-state index in [1.54, 1.807) is 0 Å². The van der Waals surface area contributed by atoms with Crippen LogP contribution in [0.2, 0.25) is 0 Å². The van der Waals surface area contributed by atoms with Gasteiger partial charge < -0.3 is 9.97 Å². The van der Waals surface area contributed by atoms with Crippen LogP contribution in [0.1, 0.15) is 0 Å². The molecule has 0 spiro atoms. The van der Waals surface area contributed by atoms with Gasteiger partial charge in [-0.1, -0.05) is 340 Å². The summed E-state index contributed by atoms with van der Waals surface area (Å²) >= 11 is 0. The maximum atomic E-state index is 6.03. The fraction of sp³-hybridized carbons (Fsp3) is 0. The summed E-state index contributed by atoms with van der Waals surface area (Å²) in [5.74, 6) is 1.96. The van der Waals surface area contributed by atoms with Gasteiger partial charge in [-0.25, -0.2) is 29.9 Å². The van der Waals surface area contributed by atoms with Gasteiger partial charge in [0.2, 0.25) is 0 Å². The number of nitrogens with one attached hydrogen (secondary N) is 2. The van der Waals surface area contributed by atoms with E-state index in [0.717, 1.165) is 219 Å². The Morgan fingerprint density at radius 2 is 0.267 bits per heavy atom. The highest BCUT2D eigenvalue weighted by Gasteiger charge is 2.31. The zero-order valence-corrected chi connectivity index (χ0v) is 64.6. The first-order valence-electron chi connectivity index (χ1n) is 40.9. The number of H-pyrrole nitrogens is 2. The van der Waals surface area contributed by atoms with Crippen molar-refractivity contribution < 1.29 is 0 Å². The third-order valence-corrected chi connectivity index (χ3v) is 24.9. The molecule has 2 N–H and O–H groups in total. The predicted molar refractivity (Wildman–Crippen MR) is 500 cm³/mol. The Labute approximate surface area is 688 Å². The number of rotatable bonds is 8. The maximum absolute atomic E-state index is 6.03. The van der Waals surface area contributed by atoms with Crippen LogP contribution < -0.4 is 0 Å². The largest absolute Gasteiger partial charge is 0.324 e. The quantitative estimate of drug-likeness (QED) is 0.147. The summed E-state index contributed by atoms with van der Waals surface area (Å²) in [4.78, 5) is 43.9. The predicted octanol–water partition coefficient (Wildman–Crippen LogP) is 29.4. The minimum Gasteiger partial charge on any atom is -0.324 e. The monoisotopic (exact) mass is 1520 g/mol. The van der Waals surface area contributed by atoms with Crippen LogP contribution in [0.25, 0.3) is 265 Å². The third kappa shape index (κ3) is 10.4. The SMILES string of the molecule is c1ccc(-c2c3ccccc3c(-c3ccccc3)c3cc4c(cc23)-c2nc-4nc3[nH]c(nc4nc(nc5[nH]c(n2)c2cc6c(-c7ccccc7)c7ccccc7c(-c7ccccc7)c6cc52)-c2cc5c(-c6ccccc6)c6ccccc6c(-c6ccccc6)c5cc2-4)c2cc4c(-c5ccccc5)c5ccccc5c(-c5ccccc5)c4cc32)cc1. The summed E-state index contributed by atoms with van der Waals surface area (Å²) in [7, 11) is 0. The van der Waals surface area contributed by atoms with Crippen LogP contribution in [0.15, 0.2) is 388 Å². The van der Waals surface area contributed by atoms with E-state index in [2.05, 4.69) is 398 Å². The molecule has 0 saturated heterocycles. The van der Waals surface area contributed by atoms with Crippen LogP contribution in [0.3, 0.4) is 0 Å². The molecular formula is C112H66N8. The van der Waals surface area contributed by atoms with Gasteiger partial charge >= 0.3 is 0 Å². The Morgan fingerprint density at radius 1 is 0.125 bits per heavy atom. The average Bonchev–Trinajstić information content (AvgIpc) is 1.51. The smallest absolute Gasteiger partial charge is 0.164 e. The van der Waals surface area contributed by atoms with E-state index in [4.69, 9.17) is 29.9 Å². The van der Waals surface area contributed by atoms with Crippen molar-refractivity contribution in [3.63, 3.8) is 0 Å². The average molecular weight is 1520 g/mol. The Kier molecular flexibility index (Phi) is 15.0. The molecule has 0 unspecified atom stereocenters. The Balaban J connectivity index is 0.895. The standard InChI is InChI=1S/C112H66N8/c1-9-33-65(34-10-1)97-73-49-25-26-50-74(73)98(66-35-11-2-12-36-66)82-58-90-89(57-81(82)97)105-113-106(90)118-108-93-61-85-86(102(70-43-19-6-20-44-70)78-54-30-29-53-77(78)101(85)69-41-17-5-18-42-69)62-94(93)110(115-108)120-112-96-64-88-87(103(71-45-21-7-22-46-71)79-55-31-32-56-80(79)104(88)72-47-23-8-24-48-72)63-95(96)111(116-112)119-109-92-60-84-83(59-91(92)107(114-109)117-105)99(67-37-13-3-14-38-67)75-51-27-28-52-76(75)100(84)68-39-15-4-16-40-68/h1-64H,(H2,113,114,115,116,117,118,119,120). The van der Waals surface area contributed by atoms with E-state index in [0.29, 0.717) is 45.9 Å². The molecule has 23 aromatic rings. The molecule has 0 saturated carbocycles. The van der Waals surface area contributed by atoms with Crippen molar-refractivity contribution in [2.75, 3.05) is 0 Å². The van der Waals surface area contributed by atoms with Crippen molar-refractivity contribution in [3.05, 3.63) is 388 Å². The van der Waals surface area contributed by atoms with Gasteiger partial charge in [-0.15, -0.1) is 0 Å².